The van der Waals surface area contributed by atoms with Crippen molar-refractivity contribution in [3.05, 3.63) is 70.7 Å². The molecule has 1 fully saturated rings. The van der Waals surface area contributed by atoms with Gasteiger partial charge in [-0.2, -0.15) is 0 Å². The molecule has 2 aromatic carbocycles. The number of esters is 1. The molecule has 1 aliphatic heterocycles. The number of hydrogen-bond donors (Lipinski definition) is 0. The van der Waals surface area contributed by atoms with Gasteiger partial charge in [0.15, 0.2) is 5.78 Å². The summed E-state index contributed by atoms with van der Waals surface area (Å²) in [6.45, 7) is 9.56. The van der Waals surface area contributed by atoms with E-state index in [2.05, 4.69) is 35.3 Å². The fourth-order valence-corrected chi connectivity index (χ4v) is 5.77. The summed E-state index contributed by atoms with van der Waals surface area (Å²) in [5.41, 5.74) is 3.77. The SMILES string of the molecule is COC(=O)c1ccc(Cn2c3c(c4cc(F)ccc42)C(=O)C(CN2CCN(C)CC2)C(C)(C)C3)cc1. The van der Waals surface area contributed by atoms with E-state index in [1.54, 1.807) is 18.2 Å². The Morgan fingerprint density at radius 3 is 2.44 bits per heavy atom. The second kappa shape index (κ2) is 9.45. The van der Waals surface area contributed by atoms with Crippen LogP contribution in [0.25, 0.3) is 10.9 Å². The fourth-order valence-electron chi connectivity index (χ4n) is 5.77. The van der Waals surface area contributed by atoms with E-state index >= 15 is 0 Å². The molecule has 190 valence electrons. The Morgan fingerprint density at radius 2 is 1.78 bits per heavy atom. The van der Waals surface area contributed by atoms with Crippen LogP contribution in [0.3, 0.4) is 0 Å². The van der Waals surface area contributed by atoms with Crippen molar-refractivity contribution in [1.82, 2.24) is 14.4 Å². The number of fused-ring (bicyclic) bond motifs is 3. The third-order valence-corrected chi connectivity index (χ3v) is 8.01. The minimum Gasteiger partial charge on any atom is -0.465 e. The average molecular weight is 492 g/mol. The molecule has 2 aliphatic rings. The molecule has 2 heterocycles. The number of methoxy groups -OCH3 is 1. The smallest absolute Gasteiger partial charge is 0.337 e. The van der Waals surface area contributed by atoms with Crippen LogP contribution < -0.4 is 0 Å². The quantitative estimate of drug-likeness (QED) is 0.500. The molecule has 0 bridgehead atoms. The van der Waals surface area contributed by atoms with E-state index in [9.17, 15) is 14.0 Å². The fraction of sp³-hybridized carbons (Fsp3) is 0.448. The van der Waals surface area contributed by atoms with E-state index in [0.29, 0.717) is 23.1 Å². The van der Waals surface area contributed by atoms with Gasteiger partial charge in [0.1, 0.15) is 5.82 Å². The van der Waals surface area contributed by atoms with E-state index in [1.165, 1.54) is 19.2 Å². The van der Waals surface area contributed by atoms with Crippen molar-refractivity contribution in [3.8, 4) is 0 Å². The number of aromatic nitrogens is 1. The van der Waals surface area contributed by atoms with Gasteiger partial charge in [-0.05, 0) is 54.8 Å². The first-order valence-electron chi connectivity index (χ1n) is 12.6. The molecule has 0 saturated carbocycles. The number of nitrogens with zero attached hydrogens (tertiary/aromatic N) is 3. The van der Waals surface area contributed by atoms with Crippen LogP contribution in [-0.2, 0) is 17.7 Å². The topological polar surface area (TPSA) is 54.8 Å². The molecule has 1 unspecified atom stereocenters. The largest absolute Gasteiger partial charge is 0.465 e. The first-order chi connectivity index (χ1) is 17.2. The predicted octanol–water partition coefficient (Wildman–Crippen LogP) is 4.24. The standard InChI is InChI=1S/C29H34FN3O3/c1-29(2)16-25-26(27(34)23(29)18-32-13-11-31(3)12-14-32)22-15-21(30)9-10-24(22)33(25)17-19-5-7-20(8-6-19)28(35)36-4/h5-10,15,23H,11-14,16-18H2,1-4H3. The van der Waals surface area contributed by atoms with Gasteiger partial charge in [-0.25, -0.2) is 9.18 Å². The van der Waals surface area contributed by atoms with Gasteiger partial charge < -0.3 is 19.1 Å². The summed E-state index contributed by atoms with van der Waals surface area (Å²) in [5, 5.41) is 0.694. The Morgan fingerprint density at radius 1 is 1.08 bits per heavy atom. The minimum absolute atomic E-state index is 0.121. The van der Waals surface area contributed by atoms with Crippen LogP contribution >= 0.6 is 0 Å². The zero-order chi connectivity index (χ0) is 25.6. The molecule has 36 heavy (non-hydrogen) atoms. The summed E-state index contributed by atoms with van der Waals surface area (Å²) >= 11 is 0. The number of halogens is 1. The number of hydrogen-bond acceptors (Lipinski definition) is 5. The molecule has 1 aliphatic carbocycles. The normalized spacial score (nSPS) is 20.5. The summed E-state index contributed by atoms with van der Waals surface area (Å²) in [6.07, 6.45) is 0.739. The summed E-state index contributed by atoms with van der Waals surface area (Å²) in [7, 11) is 3.50. The van der Waals surface area contributed by atoms with Crippen LogP contribution in [0.2, 0.25) is 0 Å². The second-order valence-corrected chi connectivity index (χ2v) is 10.9. The van der Waals surface area contributed by atoms with Crippen molar-refractivity contribution in [2.45, 2.75) is 26.8 Å². The van der Waals surface area contributed by atoms with Crippen LogP contribution in [0.4, 0.5) is 4.39 Å². The van der Waals surface area contributed by atoms with E-state index in [0.717, 1.165) is 55.9 Å². The van der Waals surface area contributed by atoms with Crippen LogP contribution in [0.1, 0.15) is 45.8 Å². The van der Waals surface area contributed by atoms with Crippen molar-refractivity contribution in [1.29, 1.82) is 0 Å². The van der Waals surface area contributed by atoms with Crippen LogP contribution in [0.5, 0.6) is 0 Å². The van der Waals surface area contributed by atoms with E-state index < -0.39 is 0 Å². The van der Waals surface area contributed by atoms with Crippen LogP contribution in [0.15, 0.2) is 42.5 Å². The Kier molecular flexibility index (Phi) is 6.47. The first kappa shape index (κ1) is 24.7. The average Bonchev–Trinajstić information content (AvgIpc) is 3.14. The third-order valence-electron chi connectivity index (χ3n) is 8.01. The maximum absolute atomic E-state index is 14.4. The van der Waals surface area contributed by atoms with Gasteiger partial charge in [0.2, 0.25) is 0 Å². The van der Waals surface area contributed by atoms with Crippen LogP contribution in [-0.4, -0.2) is 73.0 Å². The lowest BCUT2D eigenvalue weighted by Gasteiger charge is -2.42. The van der Waals surface area contributed by atoms with Crippen LogP contribution in [0, 0.1) is 17.2 Å². The molecule has 0 amide bonds. The predicted molar refractivity (Wildman–Crippen MR) is 138 cm³/mol. The lowest BCUT2D eigenvalue weighted by Crippen LogP contribution is -2.51. The third kappa shape index (κ3) is 4.46. The van der Waals surface area contributed by atoms with Crippen molar-refractivity contribution in [3.63, 3.8) is 0 Å². The highest BCUT2D eigenvalue weighted by atomic mass is 19.1. The number of likely N-dealkylation sites (N-methyl/N-ethyl adjacent to an activating group) is 1. The van der Waals surface area contributed by atoms with Crippen molar-refractivity contribution in [2.75, 3.05) is 46.9 Å². The number of ketones is 1. The molecule has 0 N–H and O–H groups in total. The van der Waals surface area contributed by atoms with Crippen molar-refractivity contribution < 1.29 is 18.7 Å². The van der Waals surface area contributed by atoms with Gasteiger partial charge in [-0.3, -0.25) is 4.79 Å². The molecule has 0 spiro atoms. The molecule has 3 aromatic rings. The number of carbonyl (C=O) groups is 2. The highest BCUT2D eigenvalue weighted by Crippen LogP contribution is 2.44. The number of benzene rings is 2. The zero-order valence-electron chi connectivity index (χ0n) is 21.5. The van der Waals surface area contributed by atoms with Gasteiger partial charge in [0, 0.05) is 67.3 Å². The lowest BCUT2D eigenvalue weighted by atomic mass is 9.67. The van der Waals surface area contributed by atoms with Crippen molar-refractivity contribution in [2.24, 2.45) is 11.3 Å². The Balaban J connectivity index is 1.53. The second-order valence-electron chi connectivity index (χ2n) is 10.9. The first-order valence-corrected chi connectivity index (χ1v) is 12.6. The molecule has 1 saturated heterocycles. The maximum Gasteiger partial charge on any atom is 0.337 e. The lowest BCUT2D eigenvalue weighted by molar-refractivity contribution is 0.0587. The van der Waals surface area contributed by atoms with Gasteiger partial charge in [0.05, 0.1) is 12.7 Å². The number of carbonyl (C=O) groups excluding carboxylic acids is 2. The molecule has 1 atom stereocenters. The van der Waals surface area contributed by atoms with Crippen molar-refractivity contribution >= 4 is 22.7 Å². The number of rotatable bonds is 5. The molecule has 5 rings (SSSR count). The van der Waals surface area contributed by atoms with E-state index in [1.807, 2.05) is 12.1 Å². The molecule has 0 radical (unpaired) electrons. The summed E-state index contributed by atoms with van der Waals surface area (Å²) in [5.74, 6) is -0.733. The highest BCUT2D eigenvalue weighted by molar-refractivity contribution is 6.11. The number of ether oxygens (including phenoxy) is 1. The monoisotopic (exact) mass is 491 g/mol. The van der Waals surface area contributed by atoms with Gasteiger partial charge in [-0.15, -0.1) is 0 Å². The molecule has 6 nitrogen and oxygen atoms in total. The van der Waals surface area contributed by atoms with Gasteiger partial charge in [-0.1, -0.05) is 26.0 Å². The summed E-state index contributed by atoms with van der Waals surface area (Å²) in [6, 6.07) is 12.1. The number of piperazine rings is 1. The Labute approximate surface area is 211 Å². The van der Waals surface area contributed by atoms with Gasteiger partial charge >= 0.3 is 5.97 Å². The summed E-state index contributed by atoms with van der Waals surface area (Å²) < 4.78 is 21.4. The molecular formula is C29H34FN3O3. The highest BCUT2D eigenvalue weighted by Gasteiger charge is 2.44. The molecule has 7 heteroatoms. The summed E-state index contributed by atoms with van der Waals surface area (Å²) in [4.78, 5) is 30.6. The Bertz CT molecular complexity index is 1300. The molecular weight excluding hydrogens is 457 g/mol. The van der Waals surface area contributed by atoms with E-state index in [-0.39, 0.29) is 28.9 Å². The minimum atomic E-state index is -0.375. The van der Waals surface area contributed by atoms with E-state index in [4.69, 9.17) is 4.74 Å². The zero-order valence-corrected chi connectivity index (χ0v) is 21.5. The molecule has 1 aromatic heterocycles. The Hall–Kier alpha value is -3.03. The van der Waals surface area contributed by atoms with Gasteiger partial charge in [0.25, 0.3) is 0 Å². The maximum atomic E-state index is 14.4. The number of Topliss-reactive ketones (excluding diaryl/α,β-unsaturated/α-hetero) is 1.